The number of rotatable bonds is 6. The van der Waals surface area contributed by atoms with Gasteiger partial charge in [0.15, 0.2) is 0 Å². The molecule has 1 unspecified atom stereocenters. The normalized spacial score (nSPS) is 17.9. The van der Waals surface area contributed by atoms with Gasteiger partial charge in [0.25, 0.3) is 5.91 Å². The summed E-state index contributed by atoms with van der Waals surface area (Å²) < 4.78 is 0. The van der Waals surface area contributed by atoms with Crippen LogP contribution in [0.4, 0.5) is 0 Å². The molecule has 0 bridgehead atoms. The highest BCUT2D eigenvalue weighted by atomic mass is 32.1. The summed E-state index contributed by atoms with van der Waals surface area (Å²) in [6.07, 6.45) is 3.97. The summed E-state index contributed by atoms with van der Waals surface area (Å²) in [6, 6.07) is 0. The van der Waals surface area contributed by atoms with Crippen molar-refractivity contribution < 1.29 is 4.79 Å². The number of carbonyl (C=O) groups excluding carboxylic acids is 1. The van der Waals surface area contributed by atoms with Crippen molar-refractivity contribution >= 4 is 17.2 Å². The van der Waals surface area contributed by atoms with Crippen LogP contribution in [0.25, 0.3) is 0 Å². The number of carbonyl (C=O) groups is 1. The lowest BCUT2D eigenvalue weighted by Gasteiger charge is -2.29. The van der Waals surface area contributed by atoms with Crippen molar-refractivity contribution in [3.05, 3.63) is 16.1 Å². The van der Waals surface area contributed by atoms with Crippen molar-refractivity contribution in [1.82, 2.24) is 15.2 Å². The molecule has 2 rings (SSSR count). The molecule has 1 aromatic heterocycles. The zero-order chi connectivity index (χ0) is 14.4. The minimum atomic E-state index is -0.0913. The molecule has 2 heterocycles. The average molecular weight is 296 g/mol. The van der Waals surface area contributed by atoms with Crippen molar-refractivity contribution in [2.24, 2.45) is 11.7 Å². The molecule has 0 aromatic carbocycles. The second-order valence-electron chi connectivity index (χ2n) is 5.51. The summed E-state index contributed by atoms with van der Waals surface area (Å²) in [5, 5.41) is 5.54. The van der Waals surface area contributed by atoms with Crippen molar-refractivity contribution in [3.63, 3.8) is 0 Å². The number of nitrogens with two attached hydrogens (primary N) is 1. The summed E-state index contributed by atoms with van der Waals surface area (Å²) >= 11 is 1.44. The van der Waals surface area contributed by atoms with Crippen LogP contribution >= 0.6 is 11.3 Å². The van der Waals surface area contributed by atoms with Gasteiger partial charge in [-0.05, 0) is 31.8 Å². The molecule has 0 saturated carbocycles. The monoisotopic (exact) mass is 296 g/mol. The Kier molecular flexibility index (Phi) is 5.94. The van der Waals surface area contributed by atoms with Gasteiger partial charge in [-0.1, -0.05) is 13.3 Å². The molecule has 20 heavy (non-hydrogen) atoms. The molecule has 5 nitrogen and oxygen atoms in total. The van der Waals surface area contributed by atoms with Crippen LogP contribution in [0.1, 0.15) is 41.7 Å². The van der Waals surface area contributed by atoms with E-state index in [0.29, 0.717) is 24.7 Å². The van der Waals surface area contributed by atoms with Crippen LogP contribution in [-0.4, -0.2) is 42.0 Å². The summed E-state index contributed by atoms with van der Waals surface area (Å²) in [6.45, 7) is 6.73. The first-order valence-electron chi connectivity index (χ1n) is 7.34. The Morgan fingerprint density at radius 2 is 2.25 bits per heavy atom. The van der Waals surface area contributed by atoms with Crippen LogP contribution in [-0.2, 0) is 6.54 Å². The predicted molar refractivity (Wildman–Crippen MR) is 81.8 cm³/mol. The summed E-state index contributed by atoms with van der Waals surface area (Å²) in [7, 11) is 0. The lowest BCUT2D eigenvalue weighted by molar-refractivity contribution is 0.0938. The highest BCUT2D eigenvalue weighted by Crippen LogP contribution is 2.11. The zero-order valence-corrected chi connectivity index (χ0v) is 12.9. The average Bonchev–Trinajstić information content (AvgIpc) is 2.95. The first kappa shape index (κ1) is 15.4. The molecule has 6 heteroatoms. The molecular formula is C14H24N4OS. The van der Waals surface area contributed by atoms with Crippen molar-refractivity contribution in [2.45, 2.75) is 32.7 Å². The lowest BCUT2D eigenvalue weighted by Crippen LogP contribution is -2.38. The SMILES string of the molecule is CC(CNC(=O)c1csc(CN)n1)CN1CCCCC1. The molecule has 1 saturated heterocycles. The van der Waals surface area contributed by atoms with Gasteiger partial charge in [-0.15, -0.1) is 11.3 Å². The topological polar surface area (TPSA) is 71.2 Å². The smallest absolute Gasteiger partial charge is 0.270 e. The molecule has 1 atom stereocenters. The fourth-order valence-electron chi connectivity index (χ4n) is 2.51. The third kappa shape index (κ3) is 4.54. The summed E-state index contributed by atoms with van der Waals surface area (Å²) in [5.41, 5.74) is 5.99. The number of hydrogen-bond acceptors (Lipinski definition) is 5. The van der Waals surface area contributed by atoms with Crippen molar-refractivity contribution in [1.29, 1.82) is 0 Å². The zero-order valence-electron chi connectivity index (χ0n) is 12.1. The Hall–Kier alpha value is -0.980. The Morgan fingerprint density at radius 1 is 1.50 bits per heavy atom. The fourth-order valence-corrected chi connectivity index (χ4v) is 3.17. The standard InChI is InChI=1S/C14H24N4OS/c1-11(9-18-5-3-2-4-6-18)8-16-14(19)12-10-20-13(7-15)17-12/h10-11H,2-9,15H2,1H3,(H,16,19). The van der Waals surface area contributed by atoms with Crippen LogP contribution in [0.3, 0.4) is 0 Å². The molecule has 1 fully saturated rings. The molecule has 1 aromatic rings. The van der Waals surface area contributed by atoms with Crippen LogP contribution in [0.5, 0.6) is 0 Å². The van der Waals surface area contributed by atoms with Crippen LogP contribution in [0.15, 0.2) is 5.38 Å². The first-order valence-corrected chi connectivity index (χ1v) is 8.22. The molecule has 1 amide bonds. The Labute approximate surface area is 124 Å². The van der Waals surface area contributed by atoms with Crippen LogP contribution in [0, 0.1) is 5.92 Å². The van der Waals surface area contributed by atoms with E-state index < -0.39 is 0 Å². The van der Waals surface area contributed by atoms with Gasteiger partial charge in [0, 0.05) is 25.0 Å². The summed E-state index contributed by atoms with van der Waals surface area (Å²) in [5.74, 6) is 0.371. The number of nitrogens with zero attached hydrogens (tertiary/aromatic N) is 2. The minimum Gasteiger partial charge on any atom is -0.350 e. The third-order valence-electron chi connectivity index (χ3n) is 3.59. The molecule has 112 valence electrons. The maximum atomic E-state index is 11.9. The van der Waals surface area contributed by atoms with Crippen LogP contribution < -0.4 is 11.1 Å². The number of likely N-dealkylation sites (tertiary alicyclic amines) is 1. The van der Waals surface area contributed by atoms with Crippen LogP contribution in [0.2, 0.25) is 0 Å². The predicted octanol–water partition coefficient (Wildman–Crippen LogP) is 1.45. The highest BCUT2D eigenvalue weighted by Gasteiger charge is 2.15. The number of piperidine rings is 1. The second kappa shape index (κ2) is 7.71. The van der Waals surface area contributed by atoms with Gasteiger partial charge >= 0.3 is 0 Å². The van der Waals surface area contributed by atoms with E-state index in [2.05, 4.69) is 22.1 Å². The van der Waals surface area contributed by atoms with E-state index in [0.717, 1.165) is 11.6 Å². The van der Waals surface area contributed by atoms with Gasteiger partial charge in [0.2, 0.25) is 0 Å². The quantitative estimate of drug-likeness (QED) is 0.833. The van der Waals surface area contributed by atoms with E-state index in [1.54, 1.807) is 5.38 Å². The van der Waals surface area contributed by atoms with Crippen molar-refractivity contribution in [2.75, 3.05) is 26.2 Å². The van der Waals surface area contributed by atoms with Gasteiger partial charge in [0.1, 0.15) is 10.7 Å². The number of amides is 1. The third-order valence-corrected chi connectivity index (χ3v) is 4.46. The van der Waals surface area contributed by atoms with E-state index in [1.807, 2.05) is 0 Å². The van der Waals surface area contributed by atoms with Gasteiger partial charge < -0.3 is 16.0 Å². The first-order chi connectivity index (χ1) is 9.69. The summed E-state index contributed by atoms with van der Waals surface area (Å²) in [4.78, 5) is 18.6. The Balaban J connectivity index is 1.71. The number of hydrogen-bond donors (Lipinski definition) is 2. The largest absolute Gasteiger partial charge is 0.350 e. The fraction of sp³-hybridized carbons (Fsp3) is 0.714. The molecule has 1 aliphatic rings. The van der Waals surface area contributed by atoms with Gasteiger partial charge in [-0.3, -0.25) is 4.79 Å². The number of nitrogens with one attached hydrogen (secondary N) is 1. The Bertz CT molecular complexity index is 429. The van der Waals surface area contributed by atoms with E-state index in [1.165, 1.54) is 43.7 Å². The molecule has 3 N–H and O–H groups in total. The number of aromatic nitrogens is 1. The maximum Gasteiger partial charge on any atom is 0.270 e. The minimum absolute atomic E-state index is 0.0913. The highest BCUT2D eigenvalue weighted by molar-refractivity contribution is 7.09. The van der Waals surface area contributed by atoms with E-state index in [-0.39, 0.29) is 5.91 Å². The number of thiazole rings is 1. The molecule has 0 spiro atoms. The van der Waals surface area contributed by atoms with Gasteiger partial charge in [0.05, 0.1) is 0 Å². The molecule has 0 radical (unpaired) electrons. The molecule has 1 aliphatic heterocycles. The van der Waals surface area contributed by atoms with Gasteiger partial charge in [-0.25, -0.2) is 4.98 Å². The van der Waals surface area contributed by atoms with Crippen molar-refractivity contribution in [3.8, 4) is 0 Å². The second-order valence-corrected chi connectivity index (χ2v) is 6.45. The molecule has 0 aliphatic carbocycles. The lowest BCUT2D eigenvalue weighted by atomic mass is 10.1. The van der Waals surface area contributed by atoms with E-state index in [4.69, 9.17) is 5.73 Å². The van der Waals surface area contributed by atoms with E-state index in [9.17, 15) is 4.79 Å². The van der Waals surface area contributed by atoms with E-state index >= 15 is 0 Å². The van der Waals surface area contributed by atoms with Gasteiger partial charge in [-0.2, -0.15) is 0 Å². The molecular weight excluding hydrogens is 272 g/mol. The Morgan fingerprint density at radius 3 is 2.90 bits per heavy atom. The maximum absolute atomic E-state index is 11.9.